The second-order valence-corrected chi connectivity index (χ2v) is 6.29. The summed E-state index contributed by atoms with van der Waals surface area (Å²) in [5.74, 6) is 0.503. The van der Waals surface area contributed by atoms with Gasteiger partial charge in [0.1, 0.15) is 23.3 Å². The van der Waals surface area contributed by atoms with E-state index in [9.17, 15) is 9.50 Å². The number of aliphatic hydroxyl groups excluding tert-OH is 1. The number of aryl methyl sites for hydroxylation is 1. The van der Waals surface area contributed by atoms with E-state index in [0.717, 1.165) is 17.7 Å². The minimum Gasteiger partial charge on any atom is -0.487 e. The monoisotopic (exact) mass is 286 g/mol. The van der Waals surface area contributed by atoms with Crippen LogP contribution in [0.25, 0.3) is 0 Å². The maximum atomic E-state index is 14.2. The maximum Gasteiger partial charge on any atom is 0.132 e. The van der Waals surface area contributed by atoms with Gasteiger partial charge in [-0.25, -0.2) is 4.39 Å². The molecule has 1 aliphatic rings. The Hall–Kier alpha value is -1.87. The lowest BCUT2D eigenvalue weighted by Gasteiger charge is -2.16. The zero-order chi connectivity index (χ0) is 15.2. The SMILES string of the molecule is Cc1cccc(C(O)c2ccc3c(c2)CC(C)(C)O3)c1F. The highest BCUT2D eigenvalue weighted by Crippen LogP contribution is 2.37. The Morgan fingerprint density at radius 3 is 2.76 bits per heavy atom. The van der Waals surface area contributed by atoms with E-state index < -0.39 is 6.10 Å². The van der Waals surface area contributed by atoms with E-state index in [4.69, 9.17) is 4.74 Å². The largest absolute Gasteiger partial charge is 0.487 e. The average molecular weight is 286 g/mol. The summed E-state index contributed by atoms with van der Waals surface area (Å²) in [5, 5.41) is 10.5. The molecule has 1 atom stereocenters. The molecule has 2 aromatic carbocycles. The van der Waals surface area contributed by atoms with Gasteiger partial charge in [-0.05, 0) is 49.6 Å². The van der Waals surface area contributed by atoms with Gasteiger partial charge < -0.3 is 9.84 Å². The average Bonchev–Trinajstić information content (AvgIpc) is 2.73. The highest BCUT2D eigenvalue weighted by Gasteiger charge is 2.30. The fourth-order valence-electron chi connectivity index (χ4n) is 2.86. The highest BCUT2D eigenvalue weighted by atomic mass is 19.1. The Morgan fingerprint density at radius 2 is 2.00 bits per heavy atom. The van der Waals surface area contributed by atoms with E-state index in [1.165, 1.54) is 0 Å². The molecule has 0 aliphatic carbocycles. The number of benzene rings is 2. The van der Waals surface area contributed by atoms with Crippen molar-refractivity contribution in [3.63, 3.8) is 0 Å². The van der Waals surface area contributed by atoms with Gasteiger partial charge in [0.15, 0.2) is 0 Å². The number of rotatable bonds is 2. The second kappa shape index (κ2) is 4.85. The Balaban J connectivity index is 1.97. The van der Waals surface area contributed by atoms with Gasteiger partial charge in [0.25, 0.3) is 0 Å². The summed E-state index contributed by atoms with van der Waals surface area (Å²) in [6.07, 6.45) is -0.168. The summed E-state index contributed by atoms with van der Waals surface area (Å²) in [4.78, 5) is 0. The molecule has 0 saturated heterocycles. The predicted molar refractivity (Wildman–Crippen MR) is 80.1 cm³/mol. The first kappa shape index (κ1) is 14.1. The molecule has 1 unspecified atom stereocenters. The van der Waals surface area contributed by atoms with Crippen LogP contribution in [0.3, 0.4) is 0 Å². The van der Waals surface area contributed by atoms with E-state index in [2.05, 4.69) is 0 Å². The third-order valence-corrected chi connectivity index (χ3v) is 3.92. The molecule has 2 nitrogen and oxygen atoms in total. The highest BCUT2D eigenvalue weighted by molar-refractivity contribution is 5.44. The normalized spacial score (nSPS) is 17.2. The lowest BCUT2D eigenvalue weighted by molar-refractivity contribution is 0.138. The summed E-state index contributed by atoms with van der Waals surface area (Å²) in [7, 11) is 0. The van der Waals surface area contributed by atoms with E-state index in [1.54, 1.807) is 31.2 Å². The molecular weight excluding hydrogens is 267 g/mol. The zero-order valence-corrected chi connectivity index (χ0v) is 12.5. The van der Waals surface area contributed by atoms with Gasteiger partial charge in [-0.15, -0.1) is 0 Å². The van der Waals surface area contributed by atoms with Crippen molar-refractivity contribution in [1.29, 1.82) is 0 Å². The fraction of sp³-hybridized carbons (Fsp3) is 0.333. The smallest absolute Gasteiger partial charge is 0.132 e. The first-order valence-electron chi connectivity index (χ1n) is 7.12. The molecule has 0 aromatic heterocycles. The van der Waals surface area contributed by atoms with E-state index in [0.29, 0.717) is 16.7 Å². The molecule has 1 aliphatic heterocycles. The molecule has 1 N–H and O–H groups in total. The van der Waals surface area contributed by atoms with Gasteiger partial charge in [-0.2, -0.15) is 0 Å². The van der Waals surface area contributed by atoms with Gasteiger partial charge in [0.05, 0.1) is 0 Å². The summed E-state index contributed by atoms with van der Waals surface area (Å²) >= 11 is 0. The van der Waals surface area contributed by atoms with Crippen molar-refractivity contribution >= 4 is 0 Å². The lowest BCUT2D eigenvalue weighted by atomic mass is 9.95. The summed E-state index contributed by atoms with van der Waals surface area (Å²) in [6, 6.07) is 10.7. The summed E-state index contributed by atoms with van der Waals surface area (Å²) in [6.45, 7) is 5.76. The number of hydrogen-bond acceptors (Lipinski definition) is 2. The molecule has 3 heteroatoms. The van der Waals surface area contributed by atoms with Crippen LogP contribution < -0.4 is 4.74 Å². The standard InChI is InChI=1S/C18H19FO2/c1-11-5-4-6-14(16(11)19)17(20)12-7-8-15-13(9-12)10-18(2,3)21-15/h4-9,17,20H,10H2,1-3H3. The molecule has 1 heterocycles. The van der Waals surface area contributed by atoms with Crippen molar-refractivity contribution in [3.8, 4) is 5.75 Å². The fourth-order valence-corrected chi connectivity index (χ4v) is 2.86. The van der Waals surface area contributed by atoms with Crippen molar-refractivity contribution in [2.24, 2.45) is 0 Å². The molecule has 0 fully saturated rings. The molecule has 0 saturated carbocycles. The van der Waals surface area contributed by atoms with Crippen LogP contribution in [0.2, 0.25) is 0 Å². The van der Waals surface area contributed by atoms with E-state index in [-0.39, 0.29) is 11.4 Å². The predicted octanol–water partition coefficient (Wildman–Crippen LogP) is 3.93. The summed E-state index contributed by atoms with van der Waals surface area (Å²) < 4.78 is 20.0. The molecule has 2 aromatic rings. The van der Waals surface area contributed by atoms with Crippen LogP contribution >= 0.6 is 0 Å². The Bertz CT molecular complexity index is 692. The summed E-state index contributed by atoms with van der Waals surface area (Å²) in [5.41, 5.74) is 2.38. The third kappa shape index (κ3) is 2.54. The molecule has 110 valence electrons. The number of halogens is 1. The van der Waals surface area contributed by atoms with Crippen molar-refractivity contribution in [1.82, 2.24) is 0 Å². The number of ether oxygens (including phenoxy) is 1. The van der Waals surface area contributed by atoms with Crippen LogP contribution in [-0.2, 0) is 6.42 Å². The van der Waals surface area contributed by atoms with Gasteiger partial charge >= 0.3 is 0 Å². The van der Waals surface area contributed by atoms with Crippen LogP contribution in [0.5, 0.6) is 5.75 Å². The van der Waals surface area contributed by atoms with Crippen molar-refractivity contribution in [2.75, 3.05) is 0 Å². The molecule has 0 spiro atoms. The van der Waals surface area contributed by atoms with Gasteiger partial charge in [-0.3, -0.25) is 0 Å². The molecule has 21 heavy (non-hydrogen) atoms. The van der Waals surface area contributed by atoms with Gasteiger partial charge in [-0.1, -0.05) is 24.3 Å². The zero-order valence-electron chi connectivity index (χ0n) is 12.5. The minimum absolute atomic E-state index is 0.222. The van der Waals surface area contributed by atoms with Gasteiger partial charge in [0, 0.05) is 12.0 Å². The quantitative estimate of drug-likeness (QED) is 0.906. The first-order valence-corrected chi connectivity index (χ1v) is 7.12. The van der Waals surface area contributed by atoms with Crippen LogP contribution in [0.1, 0.15) is 42.2 Å². The minimum atomic E-state index is -0.959. The third-order valence-electron chi connectivity index (χ3n) is 3.92. The second-order valence-electron chi connectivity index (χ2n) is 6.29. The maximum absolute atomic E-state index is 14.2. The van der Waals surface area contributed by atoms with E-state index >= 15 is 0 Å². The topological polar surface area (TPSA) is 29.5 Å². The van der Waals surface area contributed by atoms with Crippen molar-refractivity contribution in [2.45, 2.75) is 38.9 Å². The molecule has 0 bridgehead atoms. The Kier molecular flexibility index (Phi) is 3.25. The van der Waals surface area contributed by atoms with Crippen LogP contribution in [0.15, 0.2) is 36.4 Å². The Morgan fingerprint density at radius 1 is 1.24 bits per heavy atom. The molecular formula is C18H19FO2. The lowest BCUT2D eigenvalue weighted by Crippen LogP contribution is -2.24. The van der Waals surface area contributed by atoms with Crippen molar-refractivity contribution in [3.05, 3.63) is 64.5 Å². The number of aliphatic hydroxyl groups is 1. The molecule has 0 amide bonds. The van der Waals surface area contributed by atoms with Crippen LogP contribution in [0, 0.1) is 12.7 Å². The number of hydrogen-bond donors (Lipinski definition) is 1. The van der Waals surface area contributed by atoms with Crippen molar-refractivity contribution < 1.29 is 14.2 Å². The first-order chi connectivity index (χ1) is 9.87. The molecule has 0 radical (unpaired) electrons. The van der Waals surface area contributed by atoms with Crippen LogP contribution in [-0.4, -0.2) is 10.7 Å². The van der Waals surface area contributed by atoms with E-state index in [1.807, 2.05) is 26.0 Å². The van der Waals surface area contributed by atoms with Crippen LogP contribution in [0.4, 0.5) is 4.39 Å². The number of fused-ring (bicyclic) bond motifs is 1. The molecule has 3 rings (SSSR count). The Labute approximate surface area is 124 Å². The van der Waals surface area contributed by atoms with Gasteiger partial charge in [0.2, 0.25) is 0 Å².